The van der Waals surface area contributed by atoms with Gasteiger partial charge in [0, 0.05) is 30.2 Å². The molecule has 2 bridgehead atoms. The number of ether oxygens (including phenoxy) is 1. The molecule has 6 heteroatoms. The zero-order chi connectivity index (χ0) is 19.1. The van der Waals surface area contributed by atoms with E-state index in [0.717, 1.165) is 41.5 Å². The van der Waals surface area contributed by atoms with Crippen LogP contribution in [0, 0.1) is 5.92 Å². The number of carbonyl (C=O) groups is 1. The Kier molecular flexibility index (Phi) is 4.59. The Morgan fingerprint density at radius 1 is 1.21 bits per heavy atom. The van der Waals surface area contributed by atoms with Crippen molar-refractivity contribution in [1.29, 1.82) is 0 Å². The van der Waals surface area contributed by atoms with E-state index < -0.39 is 0 Å². The molecule has 1 amide bonds. The zero-order valence-corrected chi connectivity index (χ0v) is 17.1. The molecule has 2 aliphatic heterocycles. The lowest BCUT2D eigenvalue weighted by Gasteiger charge is -2.24. The van der Waals surface area contributed by atoms with E-state index in [2.05, 4.69) is 37.7 Å². The van der Waals surface area contributed by atoms with E-state index in [1.165, 1.54) is 5.39 Å². The summed E-state index contributed by atoms with van der Waals surface area (Å²) in [7, 11) is 0. The van der Waals surface area contributed by atoms with Crippen molar-refractivity contribution >= 4 is 32.9 Å². The Hall–Kier alpha value is -2.34. The Bertz CT molecular complexity index is 1000. The fourth-order valence-corrected chi connectivity index (χ4v) is 5.21. The van der Waals surface area contributed by atoms with Crippen molar-refractivity contribution in [3.05, 3.63) is 65.0 Å². The quantitative estimate of drug-likeness (QED) is 0.538. The van der Waals surface area contributed by atoms with Crippen molar-refractivity contribution in [3.8, 4) is 0 Å². The van der Waals surface area contributed by atoms with E-state index >= 15 is 0 Å². The van der Waals surface area contributed by atoms with Crippen LogP contribution >= 0.6 is 15.9 Å². The van der Waals surface area contributed by atoms with Crippen LogP contribution in [0.25, 0.3) is 10.9 Å². The van der Waals surface area contributed by atoms with Gasteiger partial charge in [-0.05, 0) is 58.8 Å². The van der Waals surface area contributed by atoms with Crippen LogP contribution in [-0.2, 0) is 17.9 Å². The van der Waals surface area contributed by atoms with Gasteiger partial charge in [-0.1, -0.05) is 30.3 Å². The third-order valence-corrected chi connectivity index (χ3v) is 6.57. The highest BCUT2D eigenvalue weighted by molar-refractivity contribution is 9.10. The highest BCUT2D eigenvalue weighted by Gasteiger charge is 2.49. The Morgan fingerprint density at radius 3 is 2.93 bits per heavy atom. The van der Waals surface area contributed by atoms with Crippen molar-refractivity contribution in [2.75, 3.05) is 0 Å². The molecule has 144 valence electrons. The summed E-state index contributed by atoms with van der Waals surface area (Å²) in [6.07, 6.45) is 7.08. The topological polar surface area (TPSA) is 47.4 Å². The minimum atomic E-state index is -0.165. The van der Waals surface area contributed by atoms with Gasteiger partial charge in [0.2, 0.25) is 0 Å². The molecule has 1 aromatic carbocycles. The molecule has 2 saturated heterocycles. The van der Waals surface area contributed by atoms with Crippen LogP contribution in [0.1, 0.15) is 24.8 Å². The lowest BCUT2D eigenvalue weighted by molar-refractivity contribution is 0.0881. The second-order valence-electron chi connectivity index (χ2n) is 7.78. The normalized spacial score (nSPS) is 23.5. The van der Waals surface area contributed by atoms with Gasteiger partial charge < -0.3 is 14.2 Å². The molecule has 0 saturated carbocycles. The van der Waals surface area contributed by atoms with Gasteiger partial charge in [0.25, 0.3) is 0 Å². The van der Waals surface area contributed by atoms with Crippen LogP contribution in [0.2, 0.25) is 0 Å². The van der Waals surface area contributed by atoms with Crippen LogP contribution in [-0.4, -0.2) is 32.6 Å². The predicted molar refractivity (Wildman–Crippen MR) is 111 cm³/mol. The highest BCUT2D eigenvalue weighted by atomic mass is 79.9. The second-order valence-corrected chi connectivity index (χ2v) is 8.59. The van der Waals surface area contributed by atoms with Gasteiger partial charge in [-0.15, -0.1) is 0 Å². The van der Waals surface area contributed by atoms with Crippen LogP contribution in [0.5, 0.6) is 0 Å². The van der Waals surface area contributed by atoms with E-state index in [0.29, 0.717) is 18.6 Å². The summed E-state index contributed by atoms with van der Waals surface area (Å²) in [5.41, 5.74) is 2.17. The molecule has 3 unspecified atom stereocenters. The lowest BCUT2D eigenvalue weighted by atomic mass is 9.89. The largest absolute Gasteiger partial charge is 0.445 e. The summed E-state index contributed by atoms with van der Waals surface area (Å²) in [4.78, 5) is 19.1. The Balaban J connectivity index is 1.27. The van der Waals surface area contributed by atoms with E-state index in [-0.39, 0.29) is 12.1 Å². The summed E-state index contributed by atoms with van der Waals surface area (Å²) >= 11 is 3.43. The Morgan fingerprint density at radius 2 is 2.07 bits per heavy atom. The third kappa shape index (κ3) is 3.20. The molecule has 2 aliphatic rings. The minimum absolute atomic E-state index is 0.165. The number of nitrogens with zero attached hydrogens (tertiary/aromatic N) is 3. The SMILES string of the molecule is O=C(OCc1ccccc1)N1C2CCC1C(Cn1ccc3cc(Br)ncc31)C2. The van der Waals surface area contributed by atoms with E-state index in [4.69, 9.17) is 4.74 Å². The molecule has 0 aliphatic carbocycles. The van der Waals surface area contributed by atoms with Crippen molar-refractivity contribution in [2.45, 2.75) is 44.5 Å². The number of halogens is 1. The number of hydrogen-bond acceptors (Lipinski definition) is 3. The van der Waals surface area contributed by atoms with Crippen LogP contribution in [0.3, 0.4) is 0 Å². The predicted octanol–water partition coefficient (Wildman–Crippen LogP) is 4.99. The van der Waals surface area contributed by atoms with Gasteiger partial charge in [-0.2, -0.15) is 0 Å². The molecule has 28 heavy (non-hydrogen) atoms. The fourth-order valence-electron chi connectivity index (χ4n) is 4.86. The third-order valence-electron chi connectivity index (χ3n) is 6.14. The maximum atomic E-state index is 12.8. The fraction of sp³-hybridized carbons (Fsp3) is 0.364. The molecule has 0 N–H and O–H groups in total. The van der Waals surface area contributed by atoms with Crippen molar-refractivity contribution in [1.82, 2.24) is 14.5 Å². The standard InChI is InChI=1S/C22H22BrN3O2/c23-21-11-16-8-9-25(20(16)12-24-21)13-17-10-18-6-7-19(17)26(18)22(27)28-14-15-4-2-1-3-5-15/h1-5,8-9,11-12,17-19H,6-7,10,13-14H2. The molecular weight excluding hydrogens is 418 g/mol. The number of rotatable bonds is 4. The second kappa shape index (κ2) is 7.24. The van der Waals surface area contributed by atoms with Crippen molar-refractivity contribution < 1.29 is 9.53 Å². The van der Waals surface area contributed by atoms with Gasteiger partial charge >= 0.3 is 6.09 Å². The average Bonchev–Trinajstić information content (AvgIpc) is 3.40. The summed E-state index contributed by atoms with van der Waals surface area (Å²) in [6.45, 7) is 1.25. The number of fused-ring (bicyclic) bond motifs is 3. The maximum Gasteiger partial charge on any atom is 0.410 e. The van der Waals surface area contributed by atoms with Gasteiger partial charge in [-0.3, -0.25) is 0 Å². The van der Waals surface area contributed by atoms with Gasteiger partial charge in [0.15, 0.2) is 0 Å². The van der Waals surface area contributed by atoms with Gasteiger partial charge in [0.05, 0.1) is 11.7 Å². The number of hydrogen-bond donors (Lipinski definition) is 0. The number of amides is 1. The summed E-state index contributed by atoms with van der Waals surface area (Å²) in [5.74, 6) is 0.460. The van der Waals surface area contributed by atoms with E-state index in [1.807, 2.05) is 47.5 Å². The molecule has 3 atom stereocenters. The van der Waals surface area contributed by atoms with Crippen molar-refractivity contribution in [3.63, 3.8) is 0 Å². The molecular formula is C22H22BrN3O2. The highest BCUT2D eigenvalue weighted by Crippen LogP contribution is 2.43. The monoisotopic (exact) mass is 439 g/mol. The average molecular weight is 440 g/mol. The molecule has 5 nitrogen and oxygen atoms in total. The smallest absolute Gasteiger partial charge is 0.410 e. The molecule has 0 radical (unpaired) electrons. The van der Waals surface area contributed by atoms with E-state index in [9.17, 15) is 4.79 Å². The van der Waals surface area contributed by atoms with Gasteiger partial charge in [-0.25, -0.2) is 9.78 Å². The summed E-state index contributed by atoms with van der Waals surface area (Å²) < 4.78 is 8.75. The molecule has 5 rings (SSSR count). The zero-order valence-electron chi connectivity index (χ0n) is 15.5. The first-order chi connectivity index (χ1) is 13.7. The number of aromatic nitrogens is 2. The first-order valence-corrected chi connectivity index (χ1v) is 10.6. The molecule has 2 aromatic heterocycles. The Labute approximate surface area is 172 Å². The molecule has 2 fully saturated rings. The number of carbonyl (C=O) groups excluding carboxylic acids is 1. The summed E-state index contributed by atoms with van der Waals surface area (Å²) in [6, 6.07) is 14.6. The molecule has 0 spiro atoms. The van der Waals surface area contributed by atoms with Crippen molar-refractivity contribution in [2.24, 2.45) is 5.92 Å². The van der Waals surface area contributed by atoms with Crippen LogP contribution in [0.15, 0.2) is 59.5 Å². The van der Waals surface area contributed by atoms with Crippen LogP contribution in [0.4, 0.5) is 4.79 Å². The number of pyridine rings is 1. The van der Waals surface area contributed by atoms with Crippen LogP contribution < -0.4 is 0 Å². The molecule has 4 heterocycles. The summed E-state index contributed by atoms with van der Waals surface area (Å²) in [5, 5.41) is 1.18. The first kappa shape index (κ1) is 17.7. The van der Waals surface area contributed by atoms with Gasteiger partial charge in [0.1, 0.15) is 11.2 Å². The van der Waals surface area contributed by atoms with E-state index in [1.54, 1.807) is 0 Å². The minimum Gasteiger partial charge on any atom is -0.445 e. The molecule has 3 aromatic rings. The maximum absolute atomic E-state index is 12.8. The first-order valence-electron chi connectivity index (χ1n) is 9.78. The number of benzene rings is 1. The lowest BCUT2D eigenvalue weighted by Crippen LogP contribution is -2.37.